The molecular formula is C18H11NO2. The number of fused-ring (bicyclic) bond motifs is 3. The zero-order valence-electron chi connectivity index (χ0n) is 11.1. The van der Waals surface area contributed by atoms with Crippen LogP contribution in [0.4, 0.5) is 0 Å². The van der Waals surface area contributed by atoms with Gasteiger partial charge in [0, 0.05) is 22.5 Å². The fourth-order valence-electron chi connectivity index (χ4n) is 2.64. The van der Waals surface area contributed by atoms with Crippen molar-refractivity contribution in [3.8, 4) is 11.3 Å². The molecule has 3 heteroatoms. The van der Waals surface area contributed by atoms with E-state index in [1.54, 1.807) is 18.3 Å². The number of benzene rings is 2. The highest BCUT2D eigenvalue weighted by Gasteiger charge is 2.12. The Morgan fingerprint density at radius 3 is 2.43 bits per heavy atom. The first kappa shape index (κ1) is 11.9. The summed E-state index contributed by atoms with van der Waals surface area (Å²) in [6.45, 7) is 0. The summed E-state index contributed by atoms with van der Waals surface area (Å²) in [4.78, 5) is 16.7. The Morgan fingerprint density at radius 1 is 0.810 bits per heavy atom. The SMILES string of the molecule is O=c1oc2ccccc2c2c(-c3ccccc3)nccc12. The number of hydrogen-bond donors (Lipinski definition) is 0. The van der Waals surface area contributed by atoms with Crippen LogP contribution in [0.5, 0.6) is 0 Å². The molecule has 0 bridgehead atoms. The smallest absolute Gasteiger partial charge is 0.344 e. The summed E-state index contributed by atoms with van der Waals surface area (Å²) in [5.41, 5.74) is 2.04. The predicted molar refractivity (Wildman–Crippen MR) is 83.2 cm³/mol. The van der Waals surface area contributed by atoms with E-state index in [9.17, 15) is 4.79 Å². The van der Waals surface area contributed by atoms with E-state index in [4.69, 9.17) is 4.42 Å². The van der Waals surface area contributed by atoms with Gasteiger partial charge in [0.15, 0.2) is 0 Å². The second-order valence-electron chi connectivity index (χ2n) is 4.83. The molecule has 4 rings (SSSR count). The molecule has 0 saturated carbocycles. The number of pyridine rings is 1. The van der Waals surface area contributed by atoms with Gasteiger partial charge in [-0.2, -0.15) is 0 Å². The quantitative estimate of drug-likeness (QED) is 0.389. The van der Waals surface area contributed by atoms with Crippen LogP contribution in [0.15, 0.2) is 76.1 Å². The summed E-state index contributed by atoms with van der Waals surface area (Å²) < 4.78 is 5.38. The van der Waals surface area contributed by atoms with Crippen LogP contribution < -0.4 is 5.63 Å². The Balaban J connectivity index is 2.25. The molecule has 0 atom stereocenters. The lowest BCUT2D eigenvalue weighted by Crippen LogP contribution is -2.01. The summed E-state index contributed by atoms with van der Waals surface area (Å²) in [5.74, 6) is 0. The van der Waals surface area contributed by atoms with E-state index in [0.29, 0.717) is 11.0 Å². The third-order valence-corrected chi connectivity index (χ3v) is 3.58. The summed E-state index contributed by atoms with van der Waals surface area (Å²) in [6, 6.07) is 19.1. The molecule has 0 aliphatic heterocycles. The molecule has 0 spiro atoms. The van der Waals surface area contributed by atoms with Gasteiger partial charge in [-0.15, -0.1) is 0 Å². The number of aromatic nitrogens is 1. The first-order valence-corrected chi connectivity index (χ1v) is 6.70. The molecule has 0 aliphatic rings. The van der Waals surface area contributed by atoms with Crippen molar-refractivity contribution in [2.75, 3.05) is 0 Å². The molecule has 2 aromatic carbocycles. The van der Waals surface area contributed by atoms with Crippen LogP contribution in [0.1, 0.15) is 0 Å². The van der Waals surface area contributed by atoms with Gasteiger partial charge in [0.05, 0.1) is 11.1 Å². The maximum atomic E-state index is 12.2. The van der Waals surface area contributed by atoms with E-state index in [2.05, 4.69) is 4.98 Å². The molecule has 0 amide bonds. The number of nitrogens with zero attached hydrogens (tertiary/aromatic N) is 1. The van der Waals surface area contributed by atoms with Crippen LogP contribution in [0, 0.1) is 0 Å². The normalized spacial score (nSPS) is 11.0. The molecule has 0 radical (unpaired) electrons. The standard InChI is InChI=1S/C18H11NO2/c20-18-14-10-11-19-17(12-6-2-1-3-7-12)16(14)13-8-4-5-9-15(13)21-18/h1-11H. The predicted octanol–water partition coefficient (Wildman–Crippen LogP) is 4.01. The minimum Gasteiger partial charge on any atom is -0.422 e. The largest absolute Gasteiger partial charge is 0.422 e. The van der Waals surface area contributed by atoms with E-state index in [1.807, 2.05) is 48.5 Å². The van der Waals surface area contributed by atoms with Crippen molar-refractivity contribution in [3.63, 3.8) is 0 Å². The summed E-state index contributed by atoms with van der Waals surface area (Å²) >= 11 is 0. The van der Waals surface area contributed by atoms with Gasteiger partial charge in [-0.05, 0) is 12.1 Å². The fourth-order valence-corrected chi connectivity index (χ4v) is 2.64. The van der Waals surface area contributed by atoms with Gasteiger partial charge >= 0.3 is 5.63 Å². The third-order valence-electron chi connectivity index (χ3n) is 3.58. The van der Waals surface area contributed by atoms with Crippen LogP contribution in [-0.2, 0) is 0 Å². The molecule has 0 unspecified atom stereocenters. The molecular weight excluding hydrogens is 262 g/mol. The zero-order valence-corrected chi connectivity index (χ0v) is 11.1. The van der Waals surface area contributed by atoms with E-state index in [-0.39, 0.29) is 5.63 Å². The minimum atomic E-state index is -0.330. The van der Waals surface area contributed by atoms with Crippen molar-refractivity contribution in [1.82, 2.24) is 4.98 Å². The molecule has 0 saturated heterocycles. The van der Waals surface area contributed by atoms with Gasteiger partial charge in [-0.25, -0.2) is 4.79 Å². The summed E-state index contributed by atoms with van der Waals surface area (Å²) in [7, 11) is 0. The van der Waals surface area contributed by atoms with Gasteiger partial charge < -0.3 is 4.42 Å². The zero-order chi connectivity index (χ0) is 14.2. The maximum absolute atomic E-state index is 12.2. The topological polar surface area (TPSA) is 43.1 Å². The average molecular weight is 273 g/mol. The van der Waals surface area contributed by atoms with E-state index < -0.39 is 0 Å². The Labute approximate surface area is 120 Å². The molecule has 2 heterocycles. The Bertz CT molecular complexity index is 1000. The highest BCUT2D eigenvalue weighted by atomic mass is 16.4. The van der Waals surface area contributed by atoms with Crippen molar-refractivity contribution in [1.29, 1.82) is 0 Å². The first-order valence-electron chi connectivity index (χ1n) is 6.70. The van der Waals surface area contributed by atoms with Crippen molar-refractivity contribution >= 4 is 21.7 Å². The second-order valence-corrected chi connectivity index (χ2v) is 4.83. The highest BCUT2D eigenvalue weighted by molar-refractivity contribution is 6.10. The molecule has 4 aromatic rings. The van der Waals surface area contributed by atoms with Gasteiger partial charge in [-0.1, -0.05) is 48.5 Å². The Morgan fingerprint density at radius 2 is 1.57 bits per heavy atom. The average Bonchev–Trinajstić information content (AvgIpc) is 2.55. The van der Waals surface area contributed by atoms with Crippen LogP contribution in [0.2, 0.25) is 0 Å². The van der Waals surface area contributed by atoms with E-state index >= 15 is 0 Å². The highest BCUT2D eigenvalue weighted by Crippen LogP contribution is 2.30. The van der Waals surface area contributed by atoms with E-state index in [0.717, 1.165) is 22.0 Å². The van der Waals surface area contributed by atoms with Crippen molar-refractivity contribution < 1.29 is 4.42 Å². The van der Waals surface area contributed by atoms with Crippen LogP contribution in [0.3, 0.4) is 0 Å². The van der Waals surface area contributed by atoms with Crippen molar-refractivity contribution in [2.24, 2.45) is 0 Å². The van der Waals surface area contributed by atoms with Crippen LogP contribution in [0.25, 0.3) is 33.0 Å². The number of hydrogen-bond acceptors (Lipinski definition) is 3. The number of para-hydroxylation sites is 1. The summed E-state index contributed by atoms with van der Waals surface area (Å²) in [6.07, 6.45) is 1.65. The Hall–Kier alpha value is -2.94. The Kier molecular flexibility index (Phi) is 2.57. The lowest BCUT2D eigenvalue weighted by Gasteiger charge is -2.07. The maximum Gasteiger partial charge on any atom is 0.344 e. The molecule has 0 N–H and O–H groups in total. The molecule has 21 heavy (non-hydrogen) atoms. The molecule has 0 fully saturated rings. The van der Waals surface area contributed by atoms with Gasteiger partial charge in [0.2, 0.25) is 0 Å². The van der Waals surface area contributed by atoms with Crippen LogP contribution in [-0.4, -0.2) is 4.98 Å². The third kappa shape index (κ3) is 1.82. The monoisotopic (exact) mass is 273 g/mol. The van der Waals surface area contributed by atoms with Gasteiger partial charge in [-0.3, -0.25) is 4.98 Å². The molecule has 0 aliphatic carbocycles. The molecule has 2 aromatic heterocycles. The van der Waals surface area contributed by atoms with Crippen LogP contribution >= 0.6 is 0 Å². The fraction of sp³-hybridized carbons (Fsp3) is 0. The van der Waals surface area contributed by atoms with Crippen molar-refractivity contribution in [3.05, 3.63) is 77.3 Å². The van der Waals surface area contributed by atoms with Gasteiger partial charge in [0.1, 0.15) is 5.58 Å². The lowest BCUT2D eigenvalue weighted by atomic mass is 10.0. The second kappa shape index (κ2) is 4.56. The molecule has 100 valence electrons. The first-order chi connectivity index (χ1) is 10.3. The van der Waals surface area contributed by atoms with Crippen molar-refractivity contribution in [2.45, 2.75) is 0 Å². The lowest BCUT2D eigenvalue weighted by molar-refractivity contribution is 0.569. The summed E-state index contributed by atoms with van der Waals surface area (Å²) in [5, 5.41) is 2.30. The van der Waals surface area contributed by atoms with E-state index in [1.165, 1.54) is 0 Å². The number of rotatable bonds is 1. The molecule has 3 nitrogen and oxygen atoms in total. The van der Waals surface area contributed by atoms with Gasteiger partial charge in [0.25, 0.3) is 0 Å². The minimum absolute atomic E-state index is 0.330.